The summed E-state index contributed by atoms with van der Waals surface area (Å²) in [6, 6.07) is 8.32. The van der Waals surface area contributed by atoms with E-state index in [-0.39, 0.29) is 0 Å². The van der Waals surface area contributed by atoms with Crippen LogP contribution in [0.2, 0.25) is 0 Å². The summed E-state index contributed by atoms with van der Waals surface area (Å²) >= 11 is 0. The Morgan fingerprint density at radius 3 is 2.42 bits per heavy atom. The van der Waals surface area contributed by atoms with Crippen molar-refractivity contribution in [3.8, 4) is 0 Å². The molecule has 1 heterocycles. The zero-order valence-electron chi connectivity index (χ0n) is 12.1. The van der Waals surface area contributed by atoms with Gasteiger partial charge in [0.2, 0.25) is 0 Å². The lowest BCUT2D eigenvalue weighted by Crippen LogP contribution is -2.05. The van der Waals surface area contributed by atoms with Crippen molar-refractivity contribution in [2.75, 3.05) is 5.73 Å². The Balaban J connectivity index is 2.29. The standard InChI is InChI=1S/C16H21N3/c1-10(2)14-9-15(17)19-16(18-14)8-13-6-5-11(3)12(4)7-13/h5-7,9-10H,8H2,1-4H3,(H2,17,18,19). The summed E-state index contributed by atoms with van der Waals surface area (Å²) in [4.78, 5) is 8.92. The van der Waals surface area contributed by atoms with Gasteiger partial charge in [-0.25, -0.2) is 9.97 Å². The van der Waals surface area contributed by atoms with Gasteiger partial charge in [-0.1, -0.05) is 32.0 Å². The van der Waals surface area contributed by atoms with E-state index < -0.39 is 0 Å². The Morgan fingerprint density at radius 2 is 1.79 bits per heavy atom. The topological polar surface area (TPSA) is 51.8 Å². The molecule has 0 saturated heterocycles. The van der Waals surface area contributed by atoms with Crippen LogP contribution >= 0.6 is 0 Å². The molecule has 2 N–H and O–H groups in total. The molecule has 0 aliphatic heterocycles. The Kier molecular flexibility index (Phi) is 3.84. The number of aromatic nitrogens is 2. The van der Waals surface area contributed by atoms with Crippen LogP contribution in [0.4, 0.5) is 5.82 Å². The van der Waals surface area contributed by atoms with Gasteiger partial charge >= 0.3 is 0 Å². The fourth-order valence-electron chi connectivity index (χ4n) is 2.01. The first-order chi connectivity index (χ1) is 8.95. The summed E-state index contributed by atoms with van der Waals surface area (Å²) in [5.41, 5.74) is 10.7. The first-order valence-electron chi connectivity index (χ1n) is 6.65. The third kappa shape index (κ3) is 3.31. The molecule has 2 rings (SSSR count). The van der Waals surface area contributed by atoms with Gasteiger partial charge in [0.15, 0.2) is 0 Å². The van der Waals surface area contributed by atoms with Gasteiger partial charge in [-0.3, -0.25) is 0 Å². The molecular weight excluding hydrogens is 234 g/mol. The number of hydrogen-bond donors (Lipinski definition) is 1. The number of aryl methyl sites for hydroxylation is 2. The molecule has 1 aromatic heterocycles. The molecule has 0 spiro atoms. The molecule has 0 saturated carbocycles. The third-order valence-corrected chi connectivity index (χ3v) is 3.34. The SMILES string of the molecule is Cc1ccc(Cc2nc(N)cc(C(C)C)n2)cc1C. The number of anilines is 1. The van der Waals surface area contributed by atoms with Gasteiger partial charge in [0.25, 0.3) is 0 Å². The van der Waals surface area contributed by atoms with E-state index in [1.165, 1.54) is 16.7 Å². The molecule has 0 bridgehead atoms. The van der Waals surface area contributed by atoms with Crippen LogP contribution in [0.5, 0.6) is 0 Å². The monoisotopic (exact) mass is 255 g/mol. The first-order valence-corrected chi connectivity index (χ1v) is 6.65. The van der Waals surface area contributed by atoms with Gasteiger partial charge in [0.05, 0.1) is 0 Å². The lowest BCUT2D eigenvalue weighted by molar-refractivity contribution is 0.793. The molecule has 0 aliphatic rings. The lowest BCUT2D eigenvalue weighted by atomic mass is 10.0. The Morgan fingerprint density at radius 1 is 1.05 bits per heavy atom. The molecule has 0 aliphatic carbocycles. The molecule has 0 amide bonds. The van der Waals surface area contributed by atoms with E-state index in [0.29, 0.717) is 11.7 Å². The molecule has 0 unspecified atom stereocenters. The van der Waals surface area contributed by atoms with E-state index in [1.807, 2.05) is 6.07 Å². The van der Waals surface area contributed by atoms with Crippen molar-refractivity contribution >= 4 is 5.82 Å². The molecule has 3 heteroatoms. The van der Waals surface area contributed by atoms with Gasteiger partial charge < -0.3 is 5.73 Å². The largest absolute Gasteiger partial charge is 0.384 e. The van der Waals surface area contributed by atoms with Gasteiger partial charge in [-0.15, -0.1) is 0 Å². The molecule has 2 aromatic rings. The third-order valence-electron chi connectivity index (χ3n) is 3.34. The number of hydrogen-bond acceptors (Lipinski definition) is 3. The highest BCUT2D eigenvalue weighted by molar-refractivity contribution is 5.34. The number of nitrogens with two attached hydrogens (primary N) is 1. The molecule has 19 heavy (non-hydrogen) atoms. The second-order valence-corrected chi connectivity index (χ2v) is 5.38. The Hall–Kier alpha value is -1.90. The summed E-state index contributed by atoms with van der Waals surface area (Å²) in [6.45, 7) is 8.47. The van der Waals surface area contributed by atoms with Crippen LogP contribution in [0.25, 0.3) is 0 Å². The van der Waals surface area contributed by atoms with E-state index in [2.05, 4.69) is 55.9 Å². The summed E-state index contributed by atoms with van der Waals surface area (Å²) in [5, 5.41) is 0. The lowest BCUT2D eigenvalue weighted by Gasteiger charge is -2.09. The maximum Gasteiger partial charge on any atom is 0.135 e. The highest BCUT2D eigenvalue weighted by Gasteiger charge is 2.07. The van der Waals surface area contributed by atoms with Crippen molar-refractivity contribution in [3.63, 3.8) is 0 Å². The average Bonchev–Trinajstić information content (AvgIpc) is 2.33. The summed E-state index contributed by atoms with van der Waals surface area (Å²) in [6.07, 6.45) is 0.728. The minimum absolute atomic E-state index is 0.365. The molecule has 3 nitrogen and oxygen atoms in total. The van der Waals surface area contributed by atoms with E-state index in [9.17, 15) is 0 Å². The van der Waals surface area contributed by atoms with Crippen molar-refractivity contribution in [1.82, 2.24) is 9.97 Å². The normalized spacial score (nSPS) is 11.0. The second kappa shape index (κ2) is 5.39. The van der Waals surface area contributed by atoms with Crippen molar-refractivity contribution in [2.45, 2.75) is 40.0 Å². The average molecular weight is 255 g/mol. The summed E-state index contributed by atoms with van der Waals surface area (Å²) in [5.74, 6) is 1.72. The molecular formula is C16H21N3. The maximum absolute atomic E-state index is 5.85. The Labute approximate surface area is 114 Å². The number of nitrogen functional groups attached to an aromatic ring is 1. The molecule has 0 fully saturated rings. The molecule has 1 aromatic carbocycles. The fourth-order valence-corrected chi connectivity index (χ4v) is 2.01. The van der Waals surface area contributed by atoms with E-state index in [4.69, 9.17) is 5.73 Å². The molecule has 0 radical (unpaired) electrons. The van der Waals surface area contributed by atoms with Crippen molar-refractivity contribution < 1.29 is 0 Å². The fraction of sp³-hybridized carbons (Fsp3) is 0.375. The number of nitrogens with zero attached hydrogens (tertiary/aromatic N) is 2. The highest BCUT2D eigenvalue weighted by Crippen LogP contribution is 2.17. The zero-order chi connectivity index (χ0) is 14.0. The van der Waals surface area contributed by atoms with Crippen LogP contribution in [-0.2, 0) is 6.42 Å². The van der Waals surface area contributed by atoms with E-state index in [0.717, 1.165) is 17.9 Å². The maximum atomic E-state index is 5.85. The number of benzene rings is 1. The summed E-state index contributed by atoms with van der Waals surface area (Å²) in [7, 11) is 0. The van der Waals surface area contributed by atoms with E-state index >= 15 is 0 Å². The highest BCUT2D eigenvalue weighted by atomic mass is 14.9. The smallest absolute Gasteiger partial charge is 0.135 e. The van der Waals surface area contributed by atoms with Crippen LogP contribution in [0.15, 0.2) is 24.3 Å². The minimum atomic E-state index is 0.365. The minimum Gasteiger partial charge on any atom is -0.384 e. The van der Waals surface area contributed by atoms with Gasteiger partial charge in [-0.05, 0) is 36.5 Å². The van der Waals surface area contributed by atoms with E-state index in [1.54, 1.807) is 0 Å². The zero-order valence-corrected chi connectivity index (χ0v) is 12.1. The van der Waals surface area contributed by atoms with Gasteiger partial charge in [0, 0.05) is 18.2 Å². The number of rotatable bonds is 3. The van der Waals surface area contributed by atoms with Crippen molar-refractivity contribution in [1.29, 1.82) is 0 Å². The van der Waals surface area contributed by atoms with Crippen LogP contribution < -0.4 is 5.73 Å². The first kappa shape index (κ1) is 13.5. The van der Waals surface area contributed by atoms with Crippen LogP contribution in [0.1, 0.15) is 48.0 Å². The van der Waals surface area contributed by atoms with Crippen LogP contribution in [-0.4, -0.2) is 9.97 Å². The predicted octanol–water partition coefficient (Wildman–Crippen LogP) is 3.39. The second-order valence-electron chi connectivity index (χ2n) is 5.38. The van der Waals surface area contributed by atoms with Gasteiger partial charge in [0.1, 0.15) is 11.6 Å². The van der Waals surface area contributed by atoms with Gasteiger partial charge in [-0.2, -0.15) is 0 Å². The quantitative estimate of drug-likeness (QED) is 0.914. The molecule has 0 atom stereocenters. The predicted molar refractivity (Wildman–Crippen MR) is 79.3 cm³/mol. The summed E-state index contributed by atoms with van der Waals surface area (Å²) < 4.78 is 0. The van der Waals surface area contributed by atoms with Crippen molar-refractivity contribution in [2.24, 2.45) is 0 Å². The Bertz CT molecular complexity index is 589. The molecule has 100 valence electrons. The van der Waals surface area contributed by atoms with Crippen molar-refractivity contribution in [3.05, 3.63) is 52.5 Å². The van der Waals surface area contributed by atoms with Crippen LogP contribution in [0.3, 0.4) is 0 Å². The van der Waals surface area contributed by atoms with Crippen LogP contribution in [0, 0.1) is 13.8 Å².